The minimum Gasteiger partial charge on any atom is -0.311 e. The van der Waals surface area contributed by atoms with Gasteiger partial charge in [0, 0.05) is 12.0 Å². The topological polar surface area (TPSA) is 57.8 Å². The van der Waals surface area contributed by atoms with E-state index >= 15 is 0 Å². The summed E-state index contributed by atoms with van der Waals surface area (Å²) in [7, 11) is 0. The fourth-order valence-corrected chi connectivity index (χ4v) is 2.36. The van der Waals surface area contributed by atoms with Crippen molar-refractivity contribution in [1.82, 2.24) is 10.2 Å². The third kappa shape index (κ3) is 2.03. The van der Waals surface area contributed by atoms with Crippen molar-refractivity contribution >= 4 is 11.7 Å². The lowest BCUT2D eigenvalue weighted by Gasteiger charge is -2.25. The van der Waals surface area contributed by atoms with Crippen molar-refractivity contribution in [2.45, 2.75) is 33.1 Å². The van der Waals surface area contributed by atoms with Crippen LogP contribution < -0.4 is 5.32 Å². The van der Waals surface area contributed by atoms with Crippen LogP contribution in [0.1, 0.15) is 33.1 Å². The van der Waals surface area contributed by atoms with E-state index in [1.165, 1.54) is 0 Å². The van der Waals surface area contributed by atoms with Gasteiger partial charge < -0.3 is 5.32 Å². The number of hydrogen-bond donors (Lipinski definition) is 2. The van der Waals surface area contributed by atoms with Crippen molar-refractivity contribution in [3.63, 3.8) is 0 Å². The van der Waals surface area contributed by atoms with Crippen LogP contribution in [0.4, 0.5) is 5.82 Å². The molecule has 1 aliphatic rings. The SMILES string of the molecule is CC1(C)CCCC1C(=O)Nc1ccn[nH]1. The van der Waals surface area contributed by atoms with Crippen LogP contribution in [0.15, 0.2) is 12.3 Å². The Morgan fingerprint density at radius 2 is 2.47 bits per heavy atom. The first-order chi connectivity index (χ1) is 7.09. The zero-order valence-electron chi connectivity index (χ0n) is 9.21. The second-order valence-corrected chi connectivity index (χ2v) is 4.89. The van der Waals surface area contributed by atoms with Gasteiger partial charge in [-0.05, 0) is 18.3 Å². The zero-order valence-corrected chi connectivity index (χ0v) is 9.21. The number of anilines is 1. The Bertz CT molecular complexity index is 343. The number of hydrogen-bond acceptors (Lipinski definition) is 2. The van der Waals surface area contributed by atoms with E-state index < -0.39 is 0 Å². The Labute approximate surface area is 89.5 Å². The average Bonchev–Trinajstić information content (AvgIpc) is 2.73. The van der Waals surface area contributed by atoms with Crippen molar-refractivity contribution in [2.75, 3.05) is 5.32 Å². The van der Waals surface area contributed by atoms with Gasteiger partial charge in [0.1, 0.15) is 5.82 Å². The summed E-state index contributed by atoms with van der Waals surface area (Å²) >= 11 is 0. The van der Waals surface area contributed by atoms with Gasteiger partial charge in [-0.25, -0.2) is 0 Å². The van der Waals surface area contributed by atoms with Gasteiger partial charge >= 0.3 is 0 Å². The summed E-state index contributed by atoms with van der Waals surface area (Å²) in [5, 5.41) is 9.40. The van der Waals surface area contributed by atoms with Gasteiger partial charge in [-0.2, -0.15) is 5.10 Å². The maximum absolute atomic E-state index is 12.0. The molecule has 4 heteroatoms. The van der Waals surface area contributed by atoms with E-state index in [-0.39, 0.29) is 17.2 Å². The first-order valence-electron chi connectivity index (χ1n) is 5.40. The molecular formula is C11H17N3O. The van der Waals surface area contributed by atoms with Gasteiger partial charge in [-0.15, -0.1) is 0 Å². The summed E-state index contributed by atoms with van der Waals surface area (Å²) in [6.07, 6.45) is 4.91. The van der Waals surface area contributed by atoms with Crippen LogP contribution in [0.3, 0.4) is 0 Å². The maximum atomic E-state index is 12.0. The van der Waals surface area contributed by atoms with E-state index in [4.69, 9.17) is 0 Å². The third-order valence-corrected chi connectivity index (χ3v) is 3.33. The molecule has 1 aromatic rings. The van der Waals surface area contributed by atoms with Gasteiger partial charge in [0.25, 0.3) is 0 Å². The number of nitrogens with zero attached hydrogens (tertiary/aromatic N) is 1. The summed E-state index contributed by atoms with van der Waals surface area (Å²) < 4.78 is 0. The third-order valence-electron chi connectivity index (χ3n) is 3.33. The molecule has 1 unspecified atom stereocenters. The Hall–Kier alpha value is -1.32. The lowest BCUT2D eigenvalue weighted by molar-refractivity contribution is -0.122. The Balaban J connectivity index is 2.02. The standard InChI is InChI=1S/C11H17N3O/c1-11(2)6-3-4-8(11)10(15)13-9-5-7-12-14-9/h5,7-8H,3-4,6H2,1-2H3,(H2,12,13,14,15). The Morgan fingerprint density at radius 1 is 1.67 bits per heavy atom. The second-order valence-electron chi connectivity index (χ2n) is 4.89. The van der Waals surface area contributed by atoms with E-state index in [0.29, 0.717) is 5.82 Å². The Kier molecular flexibility index (Phi) is 2.50. The molecule has 0 saturated heterocycles. The van der Waals surface area contributed by atoms with Crippen molar-refractivity contribution in [2.24, 2.45) is 11.3 Å². The molecule has 82 valence electrons. The molecule has 0 radical (unpaired) electrons. The molecule has 0 bridgehead atoms. The Morgan fingerprint density at radius 3 is 3.00 bits per heavy atom. The van der Waals surface area contributed by atoms with E-state index in [1.54, 1.807) is 12.3 Å². The predicted molar refractivity (Wildman–Crippen MR) is 58.3 cm³/mol. The quantitative estimate of drug-likeness (QED) is 0.780. The summed E-state index contributed by atoms with van der Waals surface area (Å²) in [6.45, 7) is 4.33. The minimum absolute atomic E-state index is 0.113. The van der Waals surface area contributed by atoms with Crippen LogP contribution in [0.25, 0.3) is 0 Å². The highest BCUT2D eigenvalue weighted by molar-refractivity contribution is 5.92. The van der Waals surface area contributed by atoms with Crippen molar-refractivity contribution in [1.29, 1.82) is 0 Å². The van der Waals surface area contributed by atoms with Gasteiger partial charge in [0.15, 0.2) is 0 Å². The van der Waals surface area contributed by atoms with Crippen LogP contribution in [-0.2, 0) is 4.79 Å². The lowest BCUT2D eigenvalue weighted by atomic mass is 9.81. The maximum Gasteiger partial charge on any atom is 0.229 e. The number of carbonyl (C=O) groups is 1. The molecule has 0 aromatic carbocycles. The molecule has 1 amide bonds. The molecule has 1 saturated carbocycles. The number of amides is 1. The highest BCUT2D eigenvalue weighted by Gasteiger charge is 2.39. The first-order valence-corrected chi connectivity index (χ1v) is 5.40. The first kappa shape index (κ1) is 10.2. The van der Waals surface area contributed by atoms with Crippen LogP contribution in [0.5, 0.6) is 0 Å². The molecule has 4 nitrogen and oxygen atoms in total. The molecule has 1 atom stereocenters. The number of nitrogens with one attached hydrogen (secondary N) is 2. The molecule has 2 N–H and O–H groups in total. The average molecular weight is 207 g/mol. The molecule has 1 fully saturated rings. The number of H-pyrrole nitrogens is 1. The normalized spacial score (nSPS) is 24.0. The van der Waals surface area contributed by atoms with Crippen molar-refractivity contribution < 1.29 is 4.79 Å². The molecule has 1 aromatic heterocycles. The van der Waals surface area contributed by atoms with E-state index in [2.05, 4.69) is 29.4 Å². The van der Waals surface area contributed by atoms with Crippen LogP contribution in [-0.4, -0.2) is 16.1 Å². The number of aromatic amines is 1. The van der Waals surface area contributed by atoms with Crippen LogP contribution in [0, 0.1) is 11.3 Å². The molecule has 0 aliphatic heterocycles. The molecule has 1 heterocycles. The summed E-state index contributed by atoms with van der Waals surface area (Å²) in [5.74, 6) is 0.922. The smallest absolute Gasteiger partial charge is 0.229 e. The number of carbonyl (C=O) groups excluding carboxylic acids is 1. The predicted octanol–water partition coefficient (Wildman–Crippen LogP) is 2.17. The zero-order chi connectivity index (χ0) is 10.9. The largest absolute Gasteiger partial charge is 0.311 e. The molecule has 1 aliphatic carbocycles. The fraction of sp³-hybridized carbons (Fsp3) is 0.636. The summed E-state index contributed by atoms with van der Waals surface area (Å²) in [5.41, 5.74) is 0.129. The van der Waals surface area contributed by atoms with Crippen LogP contribution >= 0.6 is 0 Å². The van der Waals surface area contributed by atoms with Crippen molar-refractivity contribution in [3.05, 3.63) is 12.3 Å². The highest BCUT2D eigenvalue weighted by atomic mass is 16.2. The lowest BCUT2D eigenvalue weighted by Crippen LogP contribution is -2.30. The second kappa shape index (κ2) is 3.68. The molecule has 2 rings (SSSR count). The fourth-order valence-electron chi connectivity index (χ4n) is 2.36. The highest BCUT2D eigenvalue weighted by Crippen LogP contribution is 2.42. The van der Waals surface area contributed by atoms with E-state index in [0.717, 1.165) is 19.3 Å². The van der Waals surface area contributed by atoms with Crippen molar-refractivity contribution in [3.8, 4) is 0 Å². The number of rotatable bonds is 2. The molecule has 0 spiro atoms. The van der Waals surface area contributed by atoms with Crippen LogP contribution in [0.2, 0.25) is 0 Å². The summed E-state index contributed by atoms with van der Waals surface area (Å²) in [6, 6.07) is 1.76. The van der Waals surface area contributed by atoms with E-state index in [1.807, 2.05) is 0 Å². The summed E-state index contributed by atoms with van der Waals surface area (Å²) in [4.78, 5) is 12.0. The molecule has 15 heavy (non-hydrogen) atoms. The molecular weight excluding hydrogens is 190 g/mol. The number of aromatic nitrogens is 2. The van der Waals surface area contributed by atoms with Gasteiger partial charge in [0.2, 0.25) is 5.91 Å². The minimum atomic E-state index is 0.113. The van der Waals surface area contributed by atoms with Gasteiger partial charge in [0.05, 0.1) is 6.20 Å². The van der Waals surface area contributed by atoms with Gasteiger partial charge in [-0.3, -0.25) is 9.89 Å². The van der Waals surface area contributed by atoms with Gasteiger partial charge in [-0.1, -0.05) is 20.3 Å². The van der Waals surface area contributed by atoms with E-state index in [9.17, 15) is 4.79 Å². The monoisotopic (exact) mass is 207 g/mol.